The Morgan fingerprint density at radius 2 is 0.538 bits per heavy atom. The predicted octanol–water partition coefficient (Wildman–Crippen LogP) is 28.3. The van der Waals surface area contributed by atoms with Crippen molar-refractivity contribution in [1.82, 2.24) is 0 Å². The van der Waals surface area contributed by atoms with Crippen LogP contribution in [0.1, 0.15) is 49.9 Å². The van der Waals surface area contributed by atoms with E-state index in [0.29, 0.717) is 0 Å². The molecule has 0 radical (unpaired) electrons. The van der Waals surface area contributed by atoms with E-state index in [-0.39, 0.29) is 0 Å². The summed E-state index contributed by atoms with van der Waals surface area (Å²) in [5.41, 5.74) is 28.0. The fourth-order valence-corrected chi connectivity index (χ4v) is 18.1. The molecular weight excluding hydrogens is 1260 g/mol. The first-order chi connectivity index (χ1) is 51.1. The van der Waals surface area contributed by atoms with Crippen molar-refractivity contribution in [2.45, 2.75) is 38.5 Å². The standard InChI is InChI=1S/C100H68N2O2/c1-99(2)85-60-88(102(71-53-45-67(46-54-71)79-37-19-27-63-23-7-11-31-75(63)79)72-55-47-68(48-56-72)80-38-20-28-64-24-8-12-32-76(64)80)97-94(82-34-14-16-40-90(82)103-97)91(85)83-57-58-84-92-86(100(3,4)96(84)95(83)99)59-87(93-81-33-13-15-39-89(81)104-98(92)93)101(69-49-41-65(42-50-69)77-35-17-25-61-21-5-9-29-73(61)77)70-51-43-66(44-52-70)78-36-18-26-62-22-6-10-30-74(62)78/h5-60H,1-4H3. The van der Waals surface area contributed by atoms with Crippen molar-refractivity contribution >= 4 is 121 Å². The molecule has 0 N–H and O–H groups in total. The van der Waals surface area contributed by atoms with Crippen LogP contribution in [0.25, 0.3) is 154 Å². The van der Waals surface area contributed by atoms with Gasteiger partial charge in [0.15, 0.2) is 5.58 Å². The van der Waals surface area contributed by atoms with E-state index in [1.807, 2.05) is 0 Å². The lowest BCUT2D eigenvalue weighted by atomic mass is 9.72. The zero-order chi connectivity index (χ0) is 69.1. The van der Waals surface area contributed by atoms with E-state index in [1.165, 1.54) is 104 Å². The number of nitrogens with zero attached hydrogens (tertiary/aromatic N) is 2. The van der Waals surface area contributed by atoms with Crippen LogP contribution in [0.3, 0.4) is 0 Å². The zero-order valence-electron chi connectivity index (χ0n) is 58.0. The van der Waals surface area contributed by atoms with Gasteiger partial charge in [0.05, 0.1) is 16.8 Å². The van der Waals surface area contributed by atoms with E-state index in [2.05, 4.69) is 377 Å². The highest BCUT2D eigenvalue weighted by atomic mass is 16.3. The van der Waals surface area contributed by atoms with Crippen LogP contribution < -0.4 is 9.80 Å². The van der Waals surface area contributed by atoms with Crippen molar-refractivity contribution in [2.24, 2.45) is 0 Å². The first-order valence-electron chi connectivity index (χ1n) is 36.2. The number of furan rings is 2. The third kappa shape index (κ3) is 8.91. The summed E-state index contributed by atoms with van der Waals surface area (Å²) in [4.78, 5) is 4.92. The summed E-state index contributed by atoms with van der Waals surface area (Å²) in [7, 11) is 0. The zero-order valence-corrected chi connectivity index (χ0v) is 58.0. The average molecular weight is 1330 g/mol. The maximum absolute atomic E-state index is 7.46. The van der Waals surface area contributed by atoms with Gasteiger partial charge in [-0.3, -0.25) is 0 Å². The van der Waals surface area contributed by atoms with Crippen molar-refractivity contribution in [2.75, 3.05) is 9.80 Å². The van der Waals surface area contributed by atoms with Gasteiger partial charge in [0.2, 0.25) is 0 Å². The first kappa shape index (κ1) is 59.8. The van der Waals surface area contributed by atoms with Crippen LogP contribution in [0, 0.1) is 0 Å². The molecule has 4 heteroatoms. The Morgan fingerprint density at radius 3 is 0.933 bits per heavy atom. The molecule has 0 unspecified atom stereocenters. The molecule has 2 aliphatic carbocycles. The van der Waals surface area contributed by atoms with Crippen LogP contribution in [0.4, 0.5) is 34.1 Å². The second-order valence-electron chi connectivity index (χ2n) is 29.4. The summed E-state index contributed by atoms with van der Waals surface area (Å²) < 4.78 is 14.9. The summed E-state index contributed by atoms with van der Waals surface area (Å²) in [5.74, 6) is 0. The third-order valence-corrected chi connectivity index (χ3v) is 23.0. The Hall–Kier alpha value is -13.0. The molecule has 0 amide bonds. The lowest BCUT2D eigenvalue weighted by molar-refractivity contribution is 0.600. The molecule has 104 heavy (non-hydrogen) atoms. The van der Waals surface area contributed by atoms with Crippen LogP contribution in [0.15, 0.2) is 349 Å². The number of rotatable bonds is 10. The molecule has 17 aromatic carbocycles. The molecule has 0 bridgehead atoms. The van der Waals surface area contributed by atoms with E-state index < -0.39 is 10.8 Å². The number of benzene rings is 17. The topological polar surface area (TPSA) is 32.8 Å². The number of hydrogen-bond donors (Lipinski definition) is 0. The molecule has 0 saturated carbocycles. The summed E-state index contributed by atoms with van der Waals surface area (Å²) >= 11 is 0. The Morgan fingerprint density at radius 1 is 0.240 bits per heavy atom. The predicted molar refractivity (Wildman–Crippen MR) is 437 cm³/mol. The normalized spacial score (nSPS) is 13.3. The van der Waals surface area contributed by atoms with Crippen molar-refractivity contribution in [3.63, 3.8) is 0 Å². The lowest BCUT2D eigenvalue weighted by Crippen LogP contribution is -2.24. The quantitative estimate of drug-likeness (QED) is 0.137. The fraction of sp³-hybridized carbons (Fsp3) is 0.0600. The van der Waals surface area contributed by atoms with Crippen LogP contribution >= 0.6 is 0 Å². The molecule has 2 heterocycles. The third-order valence-electron chi connectivity index (χ3n) is 23.0. The monoisotopic (exact) mass is 1330 g/mol. The van der Waals surface area contributed by atoms with Crippen LogP contribution in [-0.4, -0.2) is 0 Å². The maximum Gasteiger partial charge on any atom is 0.160 e. The highest BCUT2D eigenvalue weighted by molar-refractivity contribution is 6.22. The molecule has 0 fully saturated rings. The Kier molecular flexibility index (Phi) is 13.1. The summed E-state index contributed by atoms with van der Waals surface area (Å²) in [6, 6.07) is 125. The van der Waals surface area contributed by atoms with Crippen LogP contribution in [0.2, 0.25) is 0 Å². The molecule has 2 aromatic heterocycles. The number of anilines is 6. The van der Waals surface area contributed by atoms with Gasteiger partial charge in [0, 0.05) is 55.3 Å². The summed E-state index contributed by atoms with van der Waals surface area (Å²) in [5, 5.41) is 14.2. The second-order valence-corrected chi connectivity index (χ2v) is 29.4. The van der Waals surface area contributed by atoms with Gasteiger partial charge in [-0.2, -0.15) is 0 Å². The van der Waals surface area contributed by atoms with E-state index in [9.17, 15) is 0 Å². The highest BCUT2D eigenvalue weighted by Crippen LogP contribution is 2.64. The lowest BCUT2D eigenvalue weighted by Gasteiger charge is -2.32. The van der Waals surface area contributed by atoms with Gasteiger partial charge in [-0.25, -0.2) is 0 Å². The average Bonchev–Trinajstić information content (AvgIpc) is 1.50. The first-order valence-corrected chi connectivity index (χ1v) is 36.2. The molecule has 0 saturated heterocycles. The van der Waals surface area contributed by atoms with Crippen molar-refractivity contribution < 1.29 is 8.83 Å². The van der Waals surface area contributed by atoms with Gasteiger partial charge >= 0.3 is 0 Å². The molecule has 0 spiro atoms. The molecule has 0 atom stereocenters. The Balaban J connectivity index is 0.756. The van der Waals surface area contributed by atoms with Crippen molar-refractivity contribution in [3.05, 3.63) is 362 Å². The number of fused-ring (bicyclic) bond motifs is 19. The van der Waals surface area contributed by atoms with Gasteiger partial charge in [0.1, 0.15) is 16.7 Å². The van der Waals surface area contributed by atoms with Crippen LogP contribution in [0.5, 0.6) is 0 Å². The van der Waals surface area contributed by atoms with Crippen molar-refractivity contribution in [3.8, 4) is 66.8 Å². The van der Waals surface area contributed by atoms with Gasteiger partial charge < -0.3 is 18.6 Å². The molecule has 21 rings (SSSR count). The molecular formula is C100H68N2O2. The SMILES string of the molecule is CC1(C)c2cc(N(c3ccc(-c4cccc5ccccc45)cc3)c3ccc(-c4cccc5ccccc45)cc3)c3c(oc4ccccc43)c2-c2ccc3c(c21)C(C)(C)c1cc(N(c2ccc(-c4cccc5ccccc45)cc2)c2ccc(-c4cccc5ccccc45)cc2)c2oc4ccccc4c2c1-3. The van der Waals surface area contributed by atoms with Gasteiger partial charge in [0.25, 0.3) is 0 Å². The van der Waals surface area contributed by atoms with E-state index in [0.717, 1.165) is 106 Å². The fourth-order valence-electron chi connectivity index (χ4n) is 18.1. The minimum Gasteiger partial charge on any atom is -0.455 e. The Bertz CT molecular complexity index is 6500. The van der Waals surface area contributed by atoms with Gasteiger partial charge in [-0.15, -0.1) is 0 Å². The minimum atomic E-state index is -0.524. The molecule has 2 aliphatic rings. The molecule has 4 nitrogen and oxygen atoms in total. The minimum absolute atomic E-state index is 0.516. The van der Waals surface area contributed by atoms with E-state index in [1.54, 1.807) is 0 Å². The van der Waals surface area contributed by atoms with Crippen molar-refractivity contribution in [1.29, 1.82) is 0 Å². The summed E-state index contributed by atoms with van der Waals surface area (Å²) in [6.07, 6.45) is 0. The maximum atomic E-state index is 7.46. The Labute approximate surface area is 603 Å². The van der Waals surface area contributed by atoms with Gasteiger partial charge in [-0.1, -0.05) is 295 Å². The van der Waals surface area contributed by atoms with Crippen LogP contribution in [-0.2, 0) is 10.8 Å². The number of para-hydroxylation sites is 2. The second kappa shape index (κ2) is 22.7. The molecule has 0 aliphatic heterocycles. The largest absolute Gasteiger partial charge is 0.455 e. The van der Waals surface area contributed by atoms with E-state index in [4.69, 9.17) is 8.83 Å². The number of hydrogen-bond acceptors (Lipinski definition) is 4. The molecule has 19 aromatic rings. The smallest absolute Gasteiger partial charge is 0.160 e. The summed E-state index contributed by atoms with van der Waals surface area (Å²) in [6.45, 7) is 9.84. The molecule has 490 valence electrons. The van der Waals surface area contributed by atoms with Gasteiger partial charge in [-0.05, 0) is 199 Å². The van der Waals surface area contributed by atoms with E-state index >= 15 is 0 Å². The highest BCUT2D eigenvalue weighted by Gasteiger charge is 2.49.